The van der Waals surface area contributed by atoms with Crippen LogP contribution in [-0.2, 0) is 9.59 Å². The maximum atomic E-state index is 13.2. The lowest BCUT2D eigenvalue weighted by molar-refractivity contribution is -0.121. The molecule has 3 amide bonds. The largest absolute Gasteiger partial charge is 0.497 e. The number of hydrogen-bond donors (Lipinski definition) is 1. The minimum Gasteiger partial charge on any atom is -0.497 e. The first-order chi connectivity index (χ1) is 15.0. The number of nitrogens with zero attached hydrogens (tertiary/aromatic N) is 2. The molecule has 2 saturated heterocycles. The third-order valence-corrected chi connectivity index (χ3v) is 5.79. The van der Waals surface area contributed by atoms with Crippen molar-refractivity contribution in [1.29, 1.82) is 0 Å². The van der Waals surface area contributed by atoms with Crippen LogP contribution in [0.5, 0.6) is 5.75 Å². The van der Waals surface area contributed by atoms with Crippen molar-refractivity contribution >= 4 is 23.4 Å². The lowest BCUT2D eigenvalue weighted by Crippen LogP contribution is -2.49. The topological polar surface area (TPSA) is 79.0 Å². The van der Waals surface area contributed by atoms with Crippen LogP contribution >= 0.6 is 0 Å². The van der Waals surface area contributed by atoms with E-state index >= 15 is 0 Å². The quantitative estimate of drug-likeness (QED) is 0.744. The van der Waals surface area contributed by atoms with E-state index in [0.717, 1.165) is 4.90 Å². The van der Waals surface area contributed by atoms with E-state index in [9.17, 15) is 18.8 Å². The Balaban J connectivity index is 1.32. The number of methoxy groups -OCH3 is 1. The Bertz CT molecular complexity index is 969. The molecule has 2 fully saturated rings. The van der Waals surface area contributed by atoms with Crippen LogP contribution in [0.15, 0.2) is 48.5 Å². The molecule has 0 aliphatic carbocycles. The summed E-state index contributed by atoms with van der Waals surface area (Å²) >= 11 is 0. The van der Waals surface area contributed by atoms with Crippen molar-refractivity contribution in [3.8, 4) is 5.75 Å². The van der Waals surface area contributed by atoms with E-state index in [0.29, 0.717) is 42.9 Å². The number of nitrogens with one attached hydrogen (secondary N) is 1. The zero-order valence-corrected chi connectivity index (χ0v) is 17.2. The summed E-state index contributed by atoms with van der Waals surface area (Å²) in [5.74, 6) is -0.385. The molecule has 0 saturated carbocycles. The van der Waals surface area contributed by atoms with Gasteiger partial charge in [0.2, 0.25) is 5.91 Å². The second-order valence-electron chi connectivity index (χ2n) is 7.76. The number of carbonyl (C=O) groups is 3. The van der Waals surface area contributed by atoms with Gasteiger partial charge in [0, 0.05) is 24.7 Å². The second kappa shape index (κ2) is 8.85. The minimum absolute atomic E-state index is 0.0318. The van der Waals surface area contributed by atoms with Gasteiger partial charge in [0.25, 0.3) is 11.8 Å². The first kappa shape index (κ1) is 21.0. The summed E-state index contributed by atoms with van der Waals surface area (Å²) in [4.78, 5) is 40.7. The zero-order chi connectivity index (χ0) is 22.0. The molecule has 0 radical (unpaired) electrons. The Morgan fingerprint density at radius 2 is 1.68 bits per heavy atom. The first-order valence-corrected chi connectivity index (χ1v) is 10.3. The SMILES string of the molecule is COc1ccc(C(=O)N2CCC(N[C@@H]3CC(=O)N(c4ccc(F)cc4)C3=O)CC2)cc1. The number of carbonyl (C=O) groups excluding carboxylic acids is 3. The molecule has 0 spiro atoms. The highest BCUT2D eigenvalue weighted by molar-refractivity contribution is 6.22. The molecule has 162 valence electrons. The van der Waals surface area contributed by atoms with Gasteiger partial charge in [-0.3, -0.25) is 14.4 Å². The van der Waals surface area contributed by atoms with E-state index in [2.05, 4.69) is 5.32 Å². The maximum absolute atomic E-state index is 13.2. The Morgan fingerprint density at radius 1 is 1.03 bits per heavy atom. The van der Waals surface area contributed by atoms with E-state index in [4.69, 9.17) is 4.74 Å². The van der Waals surface area contributed by atoms with Crippen LogP contribution < -0.4 is 15.0 Å². The van der Waals surface area contributed by atoms with Crippen LogP contribution in [0.1, 0.15) is 29.6 Å². The number of anilines is 1. The molecule has 31 heavy (non-hydrogen) atoms. The number of ether oxygens (including phenoxy) is 1. The lowest BCUT2D eigenvalue weighted by Gasteiger charge is -2.33. The summed E-state index contributed by atoms with van der Waals surface area (Å²) < 4.78 is 18.3. The maximum Gasteiger partial charge on any atom is 0.253 e. The van der Waals surface area contributed by atoms with Gasteiger partial charge in [-0.05, 0) is 61.4 Å². The van der Waals surface area contributed by atoms with E-state index in [-0.39, 0.29) is 30.2 Å². The van der Waals surface area contributed by atoms with Crippen molar-refractivity contribution in [2.24, 2.45) is 0 Å². The molecule has 0 unspecified atom stereocenters. The summed E-state index contributed by atoms with van der Waals surface area (Å²) in [6.45, 7) is 1.14. The molecule has 8 heteroatoms. The van der Waals surface area contributed by atoms with Crippen molar-refractivity contribution in [2.75, 3.05) is 25.1 Å². The van der Waals surface area contributed by atoms with Gasteiger partial charge >= 0.3 is 0 Å². The second-order valence-corrected chi connectivity index (χ2v) is 7.76. The van der Waals surface area contributed by atoms with E-state index < -0.39 is 11.9 Å². The number of hydrogen-bond acceptors (Lipinski definition) is 5. The van der Waals surface area contributed by atoms with Gasteiger partial charge in [0.15, 0.2) is 0 Å². The van der Waals surface area contributed by atoms with Crippen LogP contribution in [0.25, 0.3) is 0 Å². The molecule has 1 N–H and O–H groups in total. The molecule has 2 heterocycles. The average Bonchev–Trinajstić information content (AvgIpc) is 3.07. The highest BCUT2D eigenvalue weighted by Crippen LogP contribution is 2.24. The predicted octanol–water partition coefficient (Wildman–Crippen LogP) is 2.36. The van der Waals surface area contributed by atoms with Crippen molar-refractivity contribution in [3.05, 3.63) is 59.9 Å². The first-order valence-electron chi connectivity index (χ1n) is 10.3. The molecule has 7 nitrogen and oxygen atoms in total. The predicted molar refractivity (Wildman–Crippen MR) is 112 cm³/mol. The third-order valence-electron chi connectivity index (χ3n) is 5.79. The average molecular weight is 425 g/mol. The number of likely N-dealkylation sites (tertiary alicyclic amines) is 1. The summed E-state index contributed by atoms with van der Waals surface area (Å²) in [6, 6.07) is 11.8. The van der Waals surface area contributed by atoms with Gasteiger partial charge in [-0.2, -0.15) is 0 Å². The van der Waals surface area contributed by atoms with Crippen LogP contribution in [-0.4, -0.2) is 54.9 Å². The number of halogens is 1. The van der Waals surface area contributed by atoms with Gasteiger partial charge in [-0.1, -0.05) is 0 Å². The molecule has 2 aliphatic rings. The van der Waals surface area contributed by atoms with Gasteiger partial charge in [-0.15, -0.1) is 0 Å². The molecular formula is C23H24FN3O4. The van der Waals surface area contributed by atoms with E-state index in [1.165, 1.54) is 24.3 Å². The van der Waals surface area contributed by atoms with Crippen molar-refractivity contribution < 1.29 is 23.5 Å². The standard InChI is InChI=1S/C23H24FN3O4/c1-31-19-8-2-15(3-9-19)22(29)26-12-10-17(11-13-26)25-20-14-21(28)27(23(20)30)18-6-4-16(24)5-7-18/h2-9,17,20,25H,10-14H2,1H3/t20-/m1/s1. The van der Waals surface area contributed by atoms with Crippen LogP contribution in [0.4, 0.5) is 10.1 Å². The van der Waals surface area contributed by atoms with Crippen molar-refractivity contribution in [3.63, 3.8) is 0 Å². The fourth-order valence-corrected chi connectivity index (χ4v) is 4.07. The highest BCUT2D eigenvalue weighted by atomic mass is 19.1. The van der Waals surface area contributed by atoms with Crippen LogP contribution in [0.2, 0.25) is 0 Å². The Morgan fingerprint density at radius 3 is 2.29 bits per heavy atom. The van der Waals surface area contributed by atoms with E-state index in [1.807, 2.05) is 0 Å². The fourth-order valence-electron chi connectivity index (χ4n) is 4.07. The number of rotatable bonds is 5. The van der Waals surface area contributed by atoms with Gasteiger partial charge < -0.3 is 15.0 Å². The molecule has 4 rings (SSSR count). The Labute approximate surface area is 179 Å². The fraction of sp³-hybridized carbons (Fsp3) is 0.348. The molecule has 2 aromatic rings. The highest BCUT2D eigenvalue weighted by Gasteiger charge is 2.40. The molecule has 1 atom stereocenters. The molecule has 0 bridgehead atoms. The van der Waals surface area contributed by atoms with Crippen LogP contribution in [0, 0.1) is 5.82 Å². The monoisotopic (exact) mass is 425 g/mol. The van der Waals surface area contributed by atoms with Gasteiger partial charge in [0.05, 0.1) is 25.3 Å². The summed E-state index contributed by atoms with van der Waals surface area (Å²) in [5.41, 5.74) is 0.985. The smallest absolute Gasteiger partial charge is 0.253 e. The summed E-state index contributed by atoms with van der Waals surface area (Å²) in [7, 11) is 1.58. The normalized spacial score (nSPS) is 19.7. The molecule has 0 aromatic heterocycles. The zero-order valence-electron chi connectivity index (χ0n) is 17.2. The number of benzene rings is 2. The Kier molecular flexibility index (Phi) is 5.99. The van der Waals surface area contributed by atoms with Crippen molar-refractivity contribution in [1.82, 2.24) is 10.2 Å². The summed E-state index contributed by atoms with van der Waals surface area (Å²) in [5, 5.41) is 3.28. The number of piperidine rings is 1. The van der Waals surface area contributed by atoms with Gasteiger partial charge in [-0.25, -0.2) is 9.29 Å². The lowest BCUT2D eigenvalue weighted by atomic mass is 10.0. The summed E-state index contributed by atoms with van der Waals surface area (Å²) in [6.07, 6.45) is 1.45. The minimum atomic E-state index is -0.605. The number of amides is 3. The molecular weight excluding hydrogens is 401 g/mol. The van der Waals surface area contributed by atoms with Crippen molar-refractivity contribution in [2.45, 2.75) is 31.3 Å². The molecule has 2 aromatic carbocycles. The van der Waals surface area contributed by atoms with Crippen LogP contribution in [0.3, 0.4) is 0 Å². The van der Waals surface area contributed by atoms with Gasteiger partial charge in [0.1, 0.15) is 11.6 Å². The third kappa shape index (κ3) is 4.44. The van der Waals surface area contributed by atoms with E-state index in [1.54, 1.807) is 36.3 Å². The molecule has 2 aliphatic heterocycles. The Hall–Kier alpha value is -3.26. The number of imide groups is 1.